The standard InChI is InChI=1S/C21H18O2/c1-16(17-8-4-2-5-9-17)18-12-14-20(15-13-18)23-21(22)19-10-6-3-7-11-19/h2-16H,1H3. The van der Waals surface area contributed by atoms with Gasteiger partial charge in [-0.1, -0.05) is 67.6 Å². The quantitative estimate of drug-likeness (QED) is 0.497. The van der Waals surface area contributed by atoms with Gasteiger partial charge in [0.25, 0.3) is 0 Å². The van der Waals surface area contributed by atoms with Crippen LogP contribution in [0.4, 0.5) is 0 Å². The van der Waals surface area contributed by atoms with Gasteiger partial charge in [-0.05, 0) is 35.4 Å². The van der Waals surface area contributed by atoms with Crippen molar-refractivity contribution in [3.05, 3.63) is 102 Å². The summed E-state index contributed by atoms with van der Waals surface area (Å²) in [7, 11) is 0. The van der Waals surface area contributed by atoms with Crippen LogP contribution in [0.5, 0.6) is 5.75 Å². The topological polar surface area (TPSA) is 26.3 Å². The average molecular weight is 302 g/mol. The number of hydrogen-bond donors (Lipinski definition) is 0. The number of carbonyl (C=O) groups excluding carboxylic acids is 1. The highest BCUT2D eigenvalue weighted by Crippen LogP contribution is 2.25. The molecule has 0 radical (unpaired) electrons. The molecule has 0 aliphatic heterocycles. The van der Waals surface area contributed by atoms with Crippen molar-refractivity contribution in [1.82, 2.24) is 0 Å². The molecule has 3 aromatic rings. The van der Waals surface area contributed by atoms with Crippen LogP contribution in [0.2, 0.25) is 0 Å². The molecule has 23 heavy (non-hydrogen) atoms. The predicted octanol–water partition coefficient (Wildman–Crippen LogP) is 5.06. The fraction of sp³-hybridized carbons (Fsp3) is 0.0952. The molecule has 2 nitrogen and oxygen atoms in total. The Bertz CT molecular complexity index is 762. The summed E-state index contributed by atoms with van der Waals surface area (Å²) >= 11 is 0. The number of carbonyl (C=O) groups is 1. The first-order chi connectivity index (χ1) is 11.2. The summed E-state index contributed by atoms with van der Waals surface area (Å²) in [6, 6.07) is 27.0. The number of benzene rings is 3. The second-order valence-corrected chi connectivity index (χ2v) is 5.46. The van der Waals surface area contributed by atoms with Gasteiger partial charge < -0.3 is 4.74 Å². The Balaban J connectivity index is 1.71. The molecule has 0 spiro atoms. The predicted molar refractivity (Wildman–Crippen MR) is 91.8 cm³/mol. The molecule has 0 saturated heterocycles. The zero-order valence-electron chi connectivity index (χ0n) is 13.0. The Morgan fingerprint density at radius 2 is 1.26 bits per heavy atom. The summed E-state index contributed by atoms with van der Waals surface area (Å²) in [6.07, 6.45) is 0. The van der Waals surface area contributed by atoms with Gasteiger partial charge in [0.15, 0.2) is 0 Å². The molecule has 0 saturated carbocycles. The van der Waals surface area contributed by atoms with Crippen LogP contribution >= 0.6 is 0 Å². The third kappa shape index (κ3) is 3.67. The second kappa shape index (κ2) is 6.93. The minimum absolute atomic E-state index is 0.301. The Morgan fingerprint density at radius 3 is 1.87 bits per heavy atom. The minimum Gasteiger partial charge on any atom is -0.423 e. The lowest BCUT2D eigenvalue weighted by atomic mass is 9.93. The normalized spacial score (nSPS) is 11.7. The van der Waals surface area contributed by atoms with Crippen LogP contribution < -0.4 is 4.74 Å². The third-order valence-corrected chi connectivity index (χ3v) is 3.90. The van der Waals surface area contributed by atoms with Crippen molar-refractivity contribution in [2.24, 2.45) is 0 Å². The van der Waals surface area contributed by atoms with Crippen LogP contribution in [0.15, 0.2) is 84.9 Å². The second-order valence-electron chi connectivity index (χ2n) is 5.46. The van der Waals surface area contributed by atoms with E-state index in [0.29, 0.717) is 17.2 Å². The van der Waals surface area contributed by atoms with Gasteiger partial charge >= 0.3 is 5.97 Å². The van der Waals surface area contributed by atoms with Crippen molar-refractivity contribution < 1.29 is 9.53 Å². The molecular formula is C21H18O2. The van der Waals surface area contributed by atoms with E-state index >= 15 is 0 Å². The van der Waals surface area contributed by atoms with Crippen LogP contribution in [0, 0.1) is 0 Å². The van der Waals surface area contributed by atoms with Crippen molar-refractivity contribution in [3.8, 4) is 5.75 Å². The Labute approximate surface area is 136 Å². The smallest absolute Gasteiger partial charge is 0.343 e. The van der Waals surface area contributed by atoms with Gasteiger partial charge in [0, 0.05) is 5.92 Å². The van der Waals surface area contributed by atoms with Crippen LogP contribution in [0.3, 0.4) is 0 Å². The maximum atomic E-state index is 12.0. The van der Waals surface area contributed by atoms with E-state index in [1.54, 1.807) is 12.1 Å². The van der Waals surface area contributed by atoms with Gasteiger partial charge in [-0.15, -0.1) is 0 Å². The molecule has 114 valence electrons. The molecule has 0 fully saturated rings. The van der Waals surface area contributed by atoms with Gasteiger partial charge in [-0.3, -0.25) is 0 Å². The van der Waals surface area contributed by atoms with E-state index in [0.717, 1.165) is 0 Å². The molecule has 0 N–H and O–H groups in total. The lowest BCUT2D eigenvalue weighted by Gasteiger charge is -2.13. The monoisotopic (exact) mass is 302 g/mol. The first kappa shape index (κ1) is 15.0. The Kier molecular flexibility index (Phi) is 4.53. The molecule has 0 aliphatic rings. The van der Waals surface area contributed by atoms with Crippen molar-refractivity contribution in [2.75, 3.05) is 0 Å². The van der Waals surface area contributed by atoms with E-state index in [9.17, 15) is 4.79 Å². The van der Waals surface area contributed by atoms with Gasteiger partial charge in [0.1, 0.15) is 5.75 Å². The number of hydrogen-bond acceptors (Lipinski definition) is 2. The SMILES string of the molecule is CC(c1ccccc1)c1ccc(OC(=O)c2ccccc2)cc1. The molecule has 3 rings (SSSR count). The van der Waals surface area contributed by atoms with Crippen LogP contribution in [-0.2, 0) is 0 Å². The van der Waals surface area contributed by atoms with Gasteiger partial charge in [-0.2, -0.15) is 0 Å². The fourth-order valence-electron chi connectivity index (χ4n) is 2.50. The molecule has 0 amide bonds. The molecule has 0 heterocycles. The first-order valence-electron chi connectivity index (χ1n) is 7.66. The highest BCUT2D eigenvalue weighted by molar-refractivity contribution is 5.90. The van der Waals surface area contributed by atoms with E-state index in [1.807, 2.05) is 60.7 Å². The fourth-order valence-corrected chi connectivity index (χ4v) is 2.50. The van der Waals surface area contributed by atoms with Gasteiger partial charge in [0.05, 0.1) is 5.56 Å². The molecule has 2 heteroatoms. The zero-order chi connectivity index (χ0) is 16.1. The molecule has 3 aromatic carbocycles. The van der Waals surface area contributed by atoms with E-state index in [-0.39, 0.29) is 5.97 Å². The van der Waals surface area contributed by atoms with Gasteiger partial charge in [0.2, 0.25) is 0 Å². The third-order valence-electron chi connectivity index (χ3n) is 3.90. The highest BCUT2D eigenvalue weighted by atomic mass is 16.5. The molecular weight excluding hydrogens is 284 g/mol. The summed E-state index contributed by atoms with van der Waals surface area (Å²) in [5.74, 6) is 0.521. The molecule has 0 bridgehead atoms. The van der Waals surface area contributed by atoms with E-state index < -0.39 is 0 Å². The summed E-state index contributed by atoms with van der Waals surface area (Å²) in [4.78, 5) is 12.0. The Morgan fingerprint density at radius 1 is 0.739 bits per heavy atom. The molecule has 0 aliphatic carbocycles. The number of ether oxygens (including phenoxy) is 1. The van der Waals surface area contributed by atoms with E-state index in [4.69, 9.17) is 4.74 Å². The molecule has 1 atom stereocenters. The van der Waals surface area contributed by atoms with Crippen molar-refractivity contribution in [3.63, 3.8) is 0 Å². The lowest BCUT2D eigenvalue weighted by Crippen LogP contribution is -2.08. The van der Waals surface area contributed by atoms with Crippen molar-refractivity contribution in [1.29, 1.82) is 0 Å². The summed E-state index contributed by atoms with van der Waals surface area (Å²) in [6.45, 7) is 2.17. The summed E-state index contributed by atoms with van der Waals surface area (Å²) < 4.78 is 5.40. The van der Waals surface area contributed by atoms with Crippen molar-refractivity contribution >= 4 is 5.97 Å². The maximum absolute atomic E-state index is 12.0. The maximum Gasteiger partial charge on any atom is 0.343 e. The molecule has 0 aromatic heterocycles. The Hall–Kier alpha value is -2.87. The summed E-state index contributed by atoms with van der Waals surface area (Å²) in [5.41, 5.74) is 3.01. The number of rotatable bonds is 4. The van der Waals surface area contributed by atoms with Gasteiger partial charge in [-0.25, -0.2) is 4.79 Å². The van der Waals surface area contributed by atoms with E-state index in [1.165, 1.54) is 11.1 Å². The highest BCUT2D eigenvalue weighted by Gasteiger charge is 2.10. The molecule has 1 unspecified atom stereocenters. The largest absolute Gasteiger partial charge is 0.423 e. The summed E-state index contributed by atoms with van der Waals surface area (Å²) in [5, 5.41) is 0. The zero-order valence-corrected chi connectivity index (χ0v) is 13.0. The van der Waals surface area contributed by atoms with Crippen LogP contribution in [0.25, 0.3) is 0 Å². The first-order valence-corrected chi connectivity index (χ1v) is 7.66. The van der Waals surface area contributed by atoms with Crippen molar-refractivity contribution in [2.45, 2.75) is 12.8 Å². The number of esters is 1. The minimum atomic E-state index is -0.338. The van der Waals surface area contributed by atoms with E-state index in [2.05, 4.69) is 19.1 Å². The lowest BCUT2D eigenvalue weighted by molar-refractivity contribution is 0.0734. The van der Waals surface area contributed by atoms with Crippen LogP contribution in [0.1, 0.15) is 34.3 Å². The average Bonchev–Trinajstić information content (AvgIpc) is 2.63. The van der Waals surface area contributed by atoms with Crippen LogP contribution in [-0.4, -0.2) is 5.97 Å².